The second-order valence-corrected chi connectivity index (χ2v) is 3.21. The van der Waals surface area contributed by atoms with Crippen molar-refractivity contribution in [2.75, 3.05) is 6.61 Å². The molecule has 1 aromatic carbocycles. The van der Waals surface area contributed by atoms with Gasteiger partial charge in [0.15, 0.2) is 0 Å². The maximum Gasteiger partial charge on any atom is 0.420 e. The van der Waals surface area contributed by atoms with Gasteiger partial charge in [0.05, 0.1) is 23.8 Å². The van der Waals surface area contributed by atoms with Gasteiger partial charge in [-0.2, -0.15) is 18.4 Å². The van der Waals surface area contributed by atoms with E-state index in [4.69, 9.17) is 5.26 Å². The number of esters is 1. The summed E-state index contributed by atoms with van der Waals surface area (Å²) in [7, 11) is 0. The molecule has 0 fully saturated rings. The van der Waals surface area contributed by atoms with Crippen molar-refractivity contribution in [3.05, 3.63) is 34.6 Å². The summed E-state index contributed by atoms with van der Waals surface area (Å²) in [4.78, 5) is 11.2. The Morgan fingerprint density at radius 1 is 1.44 bits per heavy atom. The monoisotopic (exact) mass is 261 g/mol. The molecule has 0 atom stereocenters. The Kier molecular flexibility index (Phi) is 3.91. The van der Waals surface area contributed by atoms with Crippen molar-refractivity contribution in [3.63, 3.8) is 0 Å². The highest BCUT2D eigenvalue weighted by atomic mass is 19.4. The summed E-state index contributed by atoms with van der Waals surface area (Å²) in [6, 6.07) is 2.27. The average Bonchev–Trinajstić information content (AvgIpc) is 2.26. The Bertz CT molecular complexity index is 517. The predicted molar refractivity (Wildman–Crippen MR) is 52.1 cm³/mol. The number of carbonyl (C=O) groups is 1. The maximum atomic E-state index is 13.3. The van der Waals surface area contributed by atoms with Crippen LogP contribution in [0.25, 0.3) is 0 Å². The molecule has 0 aromatic heterocycles. The van der Waals surface area contributed by atoms with Gasteiger partial charge in [0.25, 0.3) is 0 Å². The number of ether oxygens (including phenoxy) is 1. The van der Waals surface area contributed by atoms with E-state index in [0.29, 0.717) is 12.1 Å². The van der Waals surface area contributed by atoms with Crippen LogP contribution in [-0.4, -0.2) is 12.6 Å². The minimum atomic E-state index is -5.00. The second-order valence-electron chi connectivity index (χ2n) is 3.21. The van der Waals surface area contributed by atoms with Gasteiger partial charge in [-0.25, -0.2) is 9.18 Å². The standard InChI is InChI=1S/C11H7F4NO2/c1-2-18-10(17)6-3-7(5-16)9(8(12)4-6)11(13,14)15/h3-4H,2H2,1H3. The smallest absolute Gasteiger partial charge is 0.420 e. The molecular weight excluding hydrogens is 254 g/mol. The molecule has 96 valence electrons. The van der Waals surface area contributed by atoms with Crippen LogP contribution >= 0.6 is 0 Å². The molecule has 0 radical (unpaired) electrons. The van der Waals surface area contributed by atoms with E-state index >= 15 is 0 Å². The molecule has 0 aliphatic carbocycles. The third-order valence-electron chi connectivity index (χ3n) is 2.01. The first kappa shape index (κ1) is 14.0. The molecule has 0 aliphatic rings. The van der Waals surface area contributed by atoms with Gasteiger partial charge >= 0.3 is 12.1 Å². The summed E-state index contributed by atoms with van der Waals surface area (Å²) < 4.78 is 55.2. The van der Waals surface area contributed by atoms with E-state index in [1.807, 2.05) is 0 Å². The highest BCUT2D eigenvalue weighted by molar-refractivity contribution is 5.90. The van der Waals surface area contributed by atoms with Crippen molar-refractivity contribution in [2.24, 2.45) is 0 Å². The van der Waals surface area contributed by atoms with Crippen LogP contribution in [0.5, 0.6) is 0 Å². The first-order valence-corrected chi connectivity index (χ1v) is 4.79. The molecule has 3 nitrogen and oxygen atoms in total. The minimum Gasteiger partial charge on any atom is -0.462 e. The third kappa shape index (κ3) is 2.77. The van der Waals surface area contributed by atoms with Gasteiger partial charge in [-0.1, -0.05) is 0 Å². The fraction of sp³-hybridized carbons (Fsp3) is 0.273. The van der Waals surface area contributed by atoms with Crippen molar-refractivity contribution >= 4 is 5.97 Å². The Balaban J connectivity index is 3.38. The lowest BCUT2D eigenvalue weighted by molar-refractivity contribution is -0.140. The Hall–Kier alpha value is -2.10. The van der Waals surface area contributed by atoms with Crippen molar-refractivity contribution in [1.82, 2.24) is 0 Å². The number of halogens is 4. The normalized spacial score (nSPS) is 10.9. The topological polar surface area (TPSA) is 50.1 Å². The first-order valence-electron chi connectivity index (χ1n) is 4.79. The molecule has 1 aromatic rings. The lowest BCUT2D eigenvalue weighted by atomic mass is 10.0. The number of alkyl halides is 3. The number of rotatable bonds is 2. The highest BCUT2D eigenvalue weighted by Crippen LogP contribution is 2.34. The van der Waals surface area contributed by atoms with E-state index < -0.39 is 34.7 Å². The van der Waals surface area contributed by atoms with E-state index in [1.54, 1.807) is 0 Å². The van der Waals surface area contributed by atoms with E-state index in [0.717, 1.165) is 0 Å². The van der Waals surface area contributed by atoms with Crippen LogP contribution in [0, 0.1) is 17.1 Å². The van der Waals surface area contributed by atoms with E-state index in [1.165, 1.54) is 13.0 Å². The van der Waals surface area contributed by atoms with Gasteiger partial charge in [0.1, 0.15) is 11.4 Å². The van der Waals surface area contributed by atoms with Crippen molar-refractivity contribution in [1.29, 1.82) is 5.26 Å². The summed E-state index contributed by atoms with van der Waals surface area (Å²) in [5.74, 6) is -2.66. The average molecular weight is 261 g/mol. The van der Waals surface area contributed by atoms with Crippen LogP contribution in [0.15, 0.2) is 12.1 Å². The van der Waals surface area contributed by atoms with Crippen molar-refractivity contribution in [2.45, 2.75) is 13.1 Å². The zero-order valence-corrected chi connectivity index (χ0v) is 9.14. The fourth-order valence-electron chi connectivity index (χ4n) is 1.32. The Morgan fingerprint density at radius 2 is 2.06 bits per heavy atom. The summed E-state index contributed by atoms with van der Waals surface area (Å²) in [5, 5.41) is 8.57. The van der Waals surface area contributed by atoms with Gasteiger partial charge < -0.3 is 4.74 Å². The van der Waals surface area contributed by atoms with Crippen LogP contribution in [0.2, 0.25) is 0 Å². The number of hydrogen-bond acceptors (Lipinski definition) is 3. The number of benzene rings is 1. The lowest BCUT2D eigenvalue weighted by Gasteiger charge is -2.11. The van der Waals surface area contributed by atoms with Crippen molar-refractivity contribution < 1.29 is 27.1 Å². The molecule has 0 saturated carbocycles. The lowest BCUT2D eigenvalue weighted by Crippen LogP contribution is -2.14. The SMILES string of the molecule is CCOC(=O)c1cc(F)c(C(F)(F)F)c(C#N)c1. The molecule has 0 amide bonds. The van der Waals surface area contributed by atoms with Crippen LogP contribution in [-0.2, 0) is 10.9 Å². The molecule has 0 aliphatic heterocycles. The number of hydrogen-bond donors (Lipinski definition) is 0. The molecule has 0 unspecified atom stereocenters. The molecule has 7 heteroatoms. The van der Waals surface area contributed by atoms with Crippen LogP contribution in [0.4, 0.5) is 17.6 Å². The molecule has 0 bridgehead atoms. The van der Waals surface area contributed by atoms with Crippen LogP contribution in [0.1, 0.15) is 28.4 Å². The minimum absolute atomic E-state index is 0.0106. The third-order valence-corrected chi connectivity index (χ3v) is 2.01. The quantitative estimate of drug-likeness (QED) is 0.607. The van der Waals surface area contributed by atoms with Crippen LogP contribution in [0.3, 0.4) is 0 Å². The summed E-state index contributed by atoms with van der Waals surface area (Å²) >= 11 is 0. The second kappa shape index (κ2) is 5.04. The molecule has 18 heavy (non-hydrogen) atoms. The predicted octanol–water partition coefficient (Wildman–Crippen LogP) is 2.89. The van der Waals surface area contributed by atoms with Gasteiger partial charge in [0.2, 0.25) is 0 Å². The van der Waals surface area contributed by atoms with E-state index in [9.17, 15) is 22.4 Å². The first-order chi connectivity index (χ1) is 8.31. The van der Waals surface area contributed by atoms with E-state index in [2.05, 4.69) is 4.74 Å². The maximum absolute atomic E-state index is 13.3. The van der Waals surface area contributed by atoms with Gasteiger partial charge in [-0.3, -0.25) is 0 Å². The Morgan fingerprint density at radius 3 is 2.50 bits per heavy atom. The van der Waals surface area contributed by atoms with E-state index in [-0.39, 0.29) is 6.61 Å². The number of nitrogens with zero attached hydrogens (tertiary/aromatic N) is 1. The summed E-state index contributed by atoms with van der Waals surface area (Å²) in [5.41, 5.74) is -3.07. The van der Waals surface area contributed by atoms with Gasteiger partial charge in [0, 0.05) is 0 Å². The zero-order chi connectivity index (χ0) is 13.9. The molecular formula is C11H7F4NO2. The summed E-state index contributed by atoms with van der Waals surface area (Å²) in [6.45, 7) is 1.48. The molecule has 0 N–H and O–H groups in total. The molecule has 0 heterocycles. The largest absolute Gasteiger partial charge is 0.462 e. The van der Waals surface area contributed by atoms with Crippen LogP contribution < -0.4 is 0 Å². The van der Waals surface area contributed by atoms with Gasteiger partial charge in [-0.15, -0.1) is 0 Å². The zero-order valence-electron chi connectivity index (χ0n) is 9.14. The number of nitriles is 1. The number of carbonyl (C=O) groups excluding carboxylic acids is 1. The summed E-state index contributed by atoms with van der Waals surface area (Å²) in [6.07, 6.45) is -5.00. The Labute approximate surface area is 99.6 Å². The molecule has 0 spiro atoms. The highest BCUT2D eigenvalue weighted by Gasteiger charge is 2.37. The molecule has 1 rings (SSSR count). The van der Waals surface area contributed by atoms with Crippen molar-refractivity contribution in [3.8, 4) is 6.07 Å². The fourth-order valence-corrected chi connectivity index (χ4v) is 1.32. The van der Waals surface area contributed by atoms with Gasteiger partial charge in [-0.05, 0) is 19.1 Å². The molecule has 0 saturated heterocycles.